The monoisotopic (exact) mass is 578 g/mol. The summed E-state index contributed by atoms with van der Waals surface area (Å²) in [7, 11) is 0. The predicted molar refractivity (Wildman–Crippen MR) is 188 cm³/mol. The van der Waals surface area contributed by atoms with Crippen molar-refractivity contribution in [3.05, 3.63) is 157 Å². The molecule has 0 fully saturated rings. The predicted octanol–water partition coefficient (Wildman–Crippen LogP) is 11.1. The van der Waals surface area contributed by atoms with Crippen LogP contribution in [0.4, 0.5) is 11.4 Å². The Morgan fingerprint density at radius 1 is 0.667 bits per heavy atom. The van der Waals surface area contributed by atoms with Crippen molar-refractivity contribution in [2.24, 2.45) is 0 Å². The molecule has 3 heteroatoms. The fraction of sp³-hybridized carbons (Fsp3) is 0.0952. The van der Waals surface area contributed by atoms with Gasteiger partial charge in [-0.2, -0.15) is 0 Å². The lowest BCUT2D eigenvalue weighted by Gasteiger charge is -2.29. The van der Waals surface area contributed by atoms with Crippen LogP contribution < -0.4 is 4.90 Å². The average molecular weight is 579 g/mol. The van der Waals surface area contributed by atoms with Crippen molar-refractivity contribution >= 4 is 60.7 Å². The summed E-state index contributed by atoms with van der Waals surface area (Å²) in [5.41, 5.74) is 12.0. The zero-order chi connectivity index (χ0) is 29.5. The molecule has 7 aromatic rings. The molecule has 2 aromatic heterocycles. The molecule has 0 bridgehead atoms. The zero-order valence-corrected chi connectivity index (χ0v) is 24.7. The topological polar surface area (TPSA) is 21.3 Å². The summed E-state index contributed by atoms with van der Waals surface area (Å²) < 4.78 is 8.84. The molecule has 2 atom stereocenters. The number of aromatic nitrogens is 1. The Balaban J connectivity index is 1.29. The van der Waals surface area contributed by atoms with Gasteiger partial charge in [-0.15, -0.1) is 0 Å². The van der Waals surface area contributed by atoms with Gasteiger partial charge in [-0.3, -0.25) is 0 Å². The van der Waals surface area contributed by atoms with Crippen molar-refractivity contribution in [1.29, 1.82) is 0 Å². The maximum atomic E-state index is 6.39. The minimum Gasteiger partial charge on any atom is -0.456 e. The fourth-order valence-electron chi connectivity index (χ4n) is 7.98. The number of nitrogens with zero attached hydrogens (tertiary/aromatic N) is 2. The average Bonchev–Trinajstić information content (AvgIpc) is 3.75. The smallest absolute Gasteiger partial charge is 0.137 e. The summed E-state index contributed by atoms with van der Waals surface area (Å²) in [4.78, 5) is 2.57. The molecule has 0 N–H and O–H groups in total. The first-order valence-electron chi connectivity index (χ1n) is 15.9. The number of allylic oxidation sites excluding steroid dienone is 6. The van der Waals surface area contributed by atoms with E-state index in [0.29, 0.717) is 0 Å². The van der Waals surface area contributed by atoms with E-state index in [1.54, 1.807) is 0 Å². The van der Waals surface area contributed by atoms with Gasteiger partial charge >= 0.3 is 0 Å². The standard InChI is InChI=1S/C42H30N2O/c1-3-12-27(13-4-1)28-14-11-17-30(24-28)43-36-20-9-7-18-31(36)34-25-35-32-22-23-40-41(33-19-8-10-21-39(33)45-40)42(32)44(38(35)26-37(34)43)29-15-5-2-6-16-29/h1-3,5-12,14-26,31,36H,4,13H2. The van der Waals surface area contributed by atoms with E-state index < -0.39 is 0 Å². The third-order valence-electron chi connectivity index (χ3n) is 9.96. The Bertz CT molecular complexity index is 2450. The third kappa shape index (κ3) is 3.58. The molecule has 0 saturated heterocycles. The maximum Gasteiger partial charge on any atom is 0.137 e. The van der Waals surface area contributed by atoms with Crippen molar-refractivity contribution in [1.82, 2.24) is 4.57 Å². The van der Waals surface area contributed by atoms with Gasteiger partial charge in [0, 0.05) is 39.1 Å². The van der Waals surface area contributed by atoms with Crippen LogP contribution in [-0.2, 0) is 0 Å². The molecule has 214 valence electrons. The second-order valence-corrected chi connectivity index (χ2v) is 12.4. The van der Waals surface area contributed by atoms with Crippen LogP contribution in [0.1, 0.15) is 29.9 Å². The molecular weight excluding hydrogens is 548 g/mol. The van der Waals surface area contributed by atoms with E-state index >= 15 is 0 Å². The van der Waals surface area contributed by atoms with E-state index in [9.17, 15) is 0 Å². The quantitative estimate of drug-likeness (QED) is 0.208. The van der Waals surface area contributed by atoms with Crippen LogP contribution in [0.2, 0.25) is 0 Å². The maximum absolute atomic E-state index is 6.39. The first kappa shape index (κ1) is 24.9. The lowest BCUT2D eigenvalue weighted by molar-refractivity contribution is 0.669. The van der Waals surface area contributed by atoms with Crippen LogP contribution in [-0.4, -0.2) is 10.6 Å². The molecule has 10 rings (SSSR count). The van der Waals surface area contributed by atoms with Gasteiger partial charge < -0.3 is 13.9 Å². The van der Waals surface area contributed by atoms with Gasteiger partial charge in [-0.05, 0) is 84.1 Å². The van der Waals surface area contributed by atoms with Crippen molar-refractivity contribution in [2.45, 2.75) is 24.8 Å². The lowest BCUT2D eigenvalue weighted by Crippen LogP contribution is -2.28. The highest BCUT2D eigenvalue weighted by molar-refractivity contribution is 6.25. The van der Waals surface area contributed by atoms with Crippen LogP contribution >= 0.6 is 0 Å². The Labute approximate surface area is 261 Å². The number of fused-ring (bicyclic) bond motifs is 10. The van der Waals surface area contributed by atoms with Crippen molar-refractivity contribution in [2.75, 3.05) is 4.90 Å². The van der Waals surface area contributed by atoms with Gasteiger partial charge in [0.05, 0.1) is 22.5 Å². The lowest BCUT2D eigenvalue weighted by atomic mass is 9.90. The normalized spacial score (nSPS) is 18.8. The van der Waals surface area contributed by atoms with E-state index in [2.05, 4.69) is 149 Å². The van der Waals surface area contributed by atoms with Crippen molar-refractivity contribution < 1.29 is 4.42 Å². The first-order valence-corrected chi connectivity index (χ1v) is 15.9. The zero-order valence-electron chi connectivity index (χ0n) is 24.7. The molecular formula is C42H30N2O. The molecule has 2 unspecified atom stereocenters. The Hall–Kier alpha value is -5.54. The minimum atomic E-state index is 0.230. The van der Waals surface area contributed by atoms with Crippen molar-refractivity contribution in [3.8, 4) is 5.69 Å². The second kappa shape index (κ2) is 9.48. The van der Waals surface area contributed by atoms with E-state index in [4.69, 9.17) is 4.42 Å². The number of benzene rings is 5. The van der Waals surface area contributed by atoms with Gasteiger partial charge in [-0.1, -0.05) is 91.1 Å². The highest BCUT2D eigenvalue weighted by Crippen LogP contribution is 2.51. The number of furan rings is 1. The van der Waals surface area contributed by atoms with Crippen LogP contribution in [0.25, 0.3) is 55.0 Å². The molecule has 0 saturated carbocycles. The molecule has 1 aliphatic heterocycles. The molecule has 0 spiro atoms. The summed E-state index contributed by atoms with van der Waals surface area (Å²) in [6.07, 6.45) is 18.1. The third-order valence-corrected chi connectivity index (χ3v) is 9.96. The second-order valence-electron chi connectivity index (χ2n) is 12.4. The van der Waals surface area contributed by atoms with Crippen LogP contribution in [0.5, 0.6) is 0 Å². The van der Waals surface area contributed by atoms with Crippen LogP contribution in [0, 0.1) is 0 Å². The number of para-hydroxylation sites is 2. The highest BCUT2D eigenvalue weighted by atomic mass is 16.3. The highest BCUT2D eigenvalue weighted by Gasteiger charge is 2.38. The Morgan fingerprint density at radius 3 is 2.44 bits per heavy atom. The van der Waals surface area contributed by atoms with E-state index in [1.165, 1.54) is 55.3 Å². The van der Waals surface area contributed by atoms with E-state index in [0.717, 1.165) is 35.1 Å². The SMILES string of the molecule is C1=CCCC(c2cccc(N3c4cc5c(cc4C4C=CC=CC43)c3ccc4oc6ccccc6c4c3n5-c3ccccc3)c2)=C1. The summed E-state index contributed by atoms with van der Waals surface area (Å²) in [6, 6.07) is 37.9. The van der Waals surface area contributed by atoms with Gasteiger partial charge in [-0.25, -0.2) is 0 Å². The van der Waals surface area contributed by atoms with E-state index in [1.807, 2.05) is 6.07 Å². The van der Waals surface area contributed by atoms with Gasteiger partial charge in [0.25, 0.3) is 0 Å². The van der Waals surface area contributed by atoms with Gasteiger partial charge in [0.1, 0.15) is 11.2 Å². The Morgan fingerprint density at radius 2 is 1.53 bits per heavy atom. The molecule has 3 heterocycles. The van der Waals surface area contributed by atoms with Gasteiger partial charge in [0.2, 0.25) is 0 Å². The molecule has 0 radical (unpaired) electrons. The summed E-state index contributed by atoms with van der Waals surface area (Å²) in [6.45, 7) is 0. The summed E-state index contributed by atoms with van der Waals surface area (Å²) >= 11 is 0. The molecule has 5 aromatic carbocycles. The molecule has 2 aliphatic carbocycles. The van der Waals surface area contributed by atoms with Crippen LogP contribution in [0.3, 0.4) is 0 Å². The molecule has 3 nitrogen and oxygen atoms in total. The molecule has 0 amide bonds. The first-order chi connectivity index (χ1) is 22.3. The summed E-state index contributed by atoms with van der Waals surface area (Å²) in [5, 5.41) is 4.84. The number of anilines is 2. The number of hydrogen-bond acceptors (Lipinski definition) is 2. The largest absolute Gasteiger partial charge is 0.456 e. The fourth-order valence-corrected chi connectivity index (χ4v) is 7.98. The minimum absolute atomic E-state index is 0.230. The number of rotatable bonds is 3. The Kier molecular flexibility index (Phi) is 5.23. The summed E-state index contributed by atoms with van der Waals surface area (Å²) in [5.74, 6) is 0.281. The van der Waals surface area contributed by atoms with Crippen molar-refractivity contribution in [3.63, 3.8) is 0 Å². The number of hydrogen-bond donors (Lipinski definition) is 0. The molecule has 45 heavy (non-hydrogen) atoms. The van der Waals surface area contributed by atoms with E-state index in [-0.39, 0.29) is 12.0 Å². The molecule has 3 aliphatic rings. The van der Waals surface area contributed by atoms with Crippen LogP contribution in [0.15, 0.2) is 150 Å². The van der Waals surface area contributed by atoms with Gasteiger partial charge in [0.15, 0.2) is 0 Å².